The smallest absolute Gasteiger partial charge is 0.231 e. The van der Waals surface area contributed by atoms with Crippen LogP contribution in [0, 0.1) is 11.3 Å². The molecule has 32 heavy (non-hydrogen) atoms. The quantitative estimate of drug-likeness (QED) is 0.212. The Morgan fingerprint density at radius 2 is 1.53 bits per heavy atom. The van der Waals surface area contributed by atoms with E-state index in [0.717, 1.165) is 42.7 Å². The molecule has 0 bridgehead atoms. The third-order valence-electron chi connectivity index (χ3n) is 5.57. The SMILES string of the molecule is N#C/C(=C\c1ccc(OCCCCCCCCCCCO)cc1)c1ccc2c(c1)OCO2. The van der Waals surface area contributed by atoms with Crippen molar-refractivity contribution in [2.24, 2.45) is 0 Å². The highest BCUT2D eigenvalue weighted by Gasteiger charge is 2.14. The number of hydrogen-bond acceptors (Lipinski definition) is 5. The van der Waals surface area contributed by atoms with Gasteiger partial charge in [-0.05, 0) is 60.4 Å². The van der Waals surface area contributed by atoms with Crippen molar-refractivity contribution in [1.82, 2.24) is 0 Å². The number of fused-ring (bicyclic) bond motifs is 1. The Balaban J connectivity index is 1.37. The van der Waals surface area contributed by atoms with Crippen molar-refractivity contribution < 1.29 is 19.3 Å². The van der Waals surface area contributed by atoms with E-state index in [2.05, 4.69) is 6.07 Å². The third kappa shape index (κ3) is 7.62. The number of aliphatic hydroxyl groups excluding tert-OH is 1. The first kappa shape index (κ1) is 23.7. The second-order valence-corrected chi connectivity index (χ2v) is 8.06. The molecule has 5 heteroatoms. The molecular weight excluding hydrogens is 402 g/mol. The van der Waals surface area contributed by atoms with Crippen molar-refractivity contribution in [3.8, 4) is 23.3 Å². The lowest BCUT2D eigenvalue weighted by atomic mass is 10.0. The summed E-state index contributed by atoms with van der Waals surface area (Å²) in [6, 6.07) is 15.7. The predicted octanol–water partition coefficient (Wildman–Crippen LogP) is 6.36. The number of rotatable bonds is 14. The lowest BCUT2D eigenvalue weighted by Crippen LogP contribution is -1.97. The number of hydrogen-bond donors (Lipinski definition) is 1. The molecule has 0 amide bonds. The van der Waals surface area contributed by atoms with Gasteiger partial charge in [-0.15, -0.1) is 0 Å². The van der Waals surface area contributed by atoms with Gasteiger partial charge >= 0.3 is 0 Å². The van der Waals surface area contributed by atoms with Crippen molar-refractivity contribution in [1.29, 1.82) is 5.26 Å². The van der Waals surface area contributed by atoms with Gasteiger partial charge < -0.3 is 19.3 Å². The summed E-state index contributed by atoms with van der Waals surface area (Å²) in [6.07, 6.45) is 12.6. The van der Waals surface area contributed by atoms with E-state index in [0.29, 0.717) is 23.7 Å². The molecular formula is C27H33NO4. The normalized spacial score (nSPS) is 12.6. The van der Waals surface area contributed by atoms with Crippen LogP contribution in [0.5, 0.6) is 17.2 Å². The number of unbranched alkanes of at least 4 members (excludes halogenated alkanes) is 8. The molecule has 0 aromatic heterocycles. The third-order valence-corrected chi connectivity index (χ3v) is 5.57. The Kier molecular flexibility index (Phi) is 9.95. The van der Waals surface area contributed by atoms with Gasteiger partial charge in [0.05, 0.1) is 18.2 Å². The van der Waals surface area contributed by atoms with E-state index in [4.69, 9.17) is 19.3 Å². The van der Waals surface area contributed by atoms with Crippen LogP contribution in [-0.2, 0) is 0 Å². The molecule has 0 spiro atoms. The van der Waals surface area contributed by atoms with Gasteiger partial charge in [0.2, 0.25) is 6.79 Å². The van der Waals surface area contributed by atoms with Gasteiger partial charge in [-0.25, -0.2) is 0 Å². The number of benzene rings is 2. The molecule has 5 nitrogen and oxygen atoms in total. The van der Waals surface area contributed by atoms with Gasteiger partial charge in [-0.2, -0.15) is 5.26 Å². The van der Waals surface area contributed by atoms with Crippen LogP contribution in [0.4, 0.5) is 0 Å². The Morgan fingerprint density at radius 1 is 0.875 bits per heavy atom. The van der Waals surface area contributed by atoms with Crippen LogP contribution in [-0.4, -0.2) is 25.1 Å². The summed E-state index contributed by atoms with van der Waals surface area (Å²) >= 11 is 0. The van der Waals surface area contributed by atoms with Crippen LogP contribution >= 0.6 is 0 Å². The maximum absolute atomic E-state index is 9.59. The molecule has 0 fully saturated rings. The number of aliphatic hydroxyl groups is 1. The van der Waals surface area contributed by atoms with Gasteiger partial charge in [0.25, 0.3) is 0 Å². The van der Waals surface area contributed by atoms with Crippen LogP contribution in [0.15, 0.2) is 42.5 Å². The summed E-state index contributed by atoms with van der Waals surface area (Å²) in [6.45, 7) is 1.27. The zero-order valence-electron chi connectivity index (χ0n) is 18.7. The van der Waals surface area contributed by atoms with Crippen molar-refractivity contribution in [3.63, 3.8) is 0 Å². The minimum absolute atomic E-state index is 0.220. The van der Waals surface area contributed by atoms with Gasteiger partial charge in [0.15, 0.2) is 11.5 Å². The fraction of sp³-hybridized carbons (Fsp3) is 0.444. The van der Waals surface area contributed by atoms with Gasteiger partial charge in [0.1, 0.15) is 5.75 Å². The van der Waals surface area contributed by atoms with E-state index in [9.17, 15) is 5.26 Å². The first-order chi connectivity index (χ1) is 15.8. The van der Waals surface area contributed by atoms with E-state index in [1.807, 2.05) is 48.5 Å². The topological polar surface area (TPSA) is 71.7 Å². The summed E-state index contributed by atoms with van der Waals surface area (Å²) in [7, 11) is 0. The summed E-state index contributed by atoms with van der Waals surface area (Å²) in [4.78, 5) is 0. The minimum Gasteiger partial charge on any atom is -0.494 e. The lowest BCUT2D eigenvalue weighted by molar-refractivity contribution is 0.174. The number of nitriles is 1. The summed E-state index contributed by atoms with van der Waals surface area (Å²) in [5.74, 6) is 2.24. The fourth-order valence-electron chi connectivity index (χ4n) is 3.71. The number of nitrogens with zero attached hydrogens (tertiary/aromatic N) is 1. The van der Waals surface area contributed by atoms with Crippen LogP contribution in [0.25, 0.3) is 11.6 Å². The average Bonchev–Trinajstić information content (AvgIpc) is 3.30. The molecule has 1 heterocycles. The molecule has 2 aromatic rings. The molecule has 0 saturated heterocycles. The maximum Gasteiger partial charge on any atom is 0.231 e. The Hall–Kier alpha value is -2.97. The fourth-order valence-corrected chi connectivity index (χ4v) is 3.71. The van der Waals surface area contributed by atoms with Crippen LogP contribution in [0.3, 0.4) is 0 Å². The molecule has 1 N–H and O–H groups in total. The van der Waals surface area contributed by atoms with Crippen LogP contribution in [0.1, 0.15) is 68.9 Å². The highest BCUT2D eigenvalue weighted by Crippen LogP contribution is 2.34. The Labute approximate surface area is 191 Å². The van der Waals surface area contributed by atoms with E-state index in [1.165, 1.54) is 38.5 Å². The molecule has 170 valence electrons. The predicted molar refractivity (Wildman–Crippen MR) is 127 cm³/mol. The standard InChI is InChI=1S/C27H33NO4/c28-20-24(23-12-15-26-27(19-23)32-21-31-26)18-22-10-13-25(14-11-22)30-17-9-7-5-3-1-2-4-6-8-16-29/h10-15,18-19,29H,1-9,16-17,21H2/b24-18+. The van der Waals surface area contributed by atoms with Crippen molar-refractivity contribution >= 4 is 11.6 Å². The molecule has 3 rings (SSSR count). The van der Waals surface area contributed by atoms with E-state index >= 15 is 0 Å². The maximum atomic E-state index is 9.59. The molecule has 0 atom stereocenters. The zero-order valence-corrected chi connectivity index (χ0v) is 18.7. The van der Waals surface area contributed by atoms with Crippen molar-refractivity contribution in [2.45, 2.75) is 57.8 Å². The molecule has 0 saturated carbocycles. The first-order valence-corrected chi connectivity index (χ1v) is 11.7. The molecule has 1 aliphatic heterocycles. The zero-order chi connectivity index (χ0) is 22.4. The number of allylic oxidation sites excluding steroid dienone is 1. The monoisotopic (exact) mass is 435 g/mol. The summed E-state index contributed by atoms with van der Waals surface area (Å²) in [5, 5.41) is 18.4. The summed E-state index contributed by atoms with van der Waals surface area (Å²) in [5.41, 5.74) is 2.33. The van der Waals surface area contributed by atoms with E-state index in [-0.39, 0.29) is 6.79 Å². The van der Waals surface area contributed by atoms with Crippen LogP contribution in [0.2, 0.25) is 0 Å². The van der Waals surface area contributed by atoms with Crippen molar-refractivity contribution in [2.75, 3.05) is 20.0 Å². The second-order valence-electron chi connectivity index (χ2n) is 8.06. The minimum atomic E-state index is 0.220. The Morgan fingerprint density at radius 3 is 2.22 bits per heavy atom. The van der Waals surface area contributed by atoms with E-state index < -0.39 is 0 Å². The lowest BCUT2D eigenvalue weighted by Gasteiger charge is -2.07. The molecule has 2 aromatic carbocycles. The Bertz CT molecular complexity index is 899. The molecule has 0 unspecified atom stereocenters. The van der Waals surface area contributed by atoms with Gasteiger partial charge in [0, 0.05) is 6.61 Å². The highest BCUT2D eigenvalue weighted by atomic mass is 16.7. The van der Waals surface area contributed by atoms with Gasteiger partial charge in [-0.3, -0.25) is 0 Å². The number of ether oxygens (including phenoxy) is 3. The molecule has 0 aliphatic carbocycles. The largest absolute Gasteiger partial charge is 0.494 e. The van der Waals surface area contributed by atoms with Crippen LogP contribution < -0.4 is 14.2 Å². The van der Waals surface area contributed by atoms with Crippen molar-refractivity contribution in [3.05, 3.63) is 53.6 Å². The van der Waals surface area contributed by atoms with E-state index in [1.54, 1.807) is 0 Å². The van der Waals surface area contributed by atoms with Gasteiger partial charge in [-0.1, -0.05) is 57.1 Å². The summed E-state index contributed by atoms with van der Waals surface area (Å²) < 4.78 is 16.6. The molecule has 0 radical (unpaired) electrons. The molecule has 1 aliphatic rings. The first-order valence-electron chi connectivity index (χ1n) is 11.7. The second kappa shape index (κ2) is 13.4. The average molecular weight is 436 g/mol. The highest BCUT2D eigenvalue weighted by molar-refractivity contribution is 5.90.